The average Bonchev–Trinajstić information content (AvgIpc) is 3.25. The quantitative estimate of drug-likeness (QED) is 0.253. The van der Waals surface area contributed by atoms with Crippen molar-refractivity contribution in [3.05, 3.63) is 64.0 Å². The van der Waals surface area contributed by atoms with Gasteiger partial charge in [0.15, 0.2) is 28.4 Å². The van der Waals surface area contributed by atoms with E-state index in [-0.39, 0.29) is 29.2 Å². The molecule has 12 heteroatoms. The van der Waals surface area contributed by atoms with Crippen LogP contribution in [0.3, 0.4) is 0 Å². The molecule has 0 aromatic heterocycles. The third-order valence-electron chi connectivity index (χ3n) is 6.78. The first kappa shape index (κ1) is 25.2. The van der Waals surface area contributed by atoms with E-state index in [9.17, 15) is 35.5 Å². The Labute approximate surface area is 201 Å². The van der Waals surface area contributed by atoms with Crippen molar-refractivity contribution in [2.24, 2.45) is 5.41 Å². The minimum Gasteiger partial charge on any atom is -0.348 e. The maximum absolute atomic E-state index is 14.4. The van der Waals surface area contributed by atoms with Gasteiger partial charge in [-0.05, 0) is 55.4 Å². The van der Waals surface area contributed by atoms with Gasteiger partial charge >= 0.3 is 0 Å². The molecule has 4 nitrogen and oxygen atoms in total. The molecule has 0 saturated carbocycles. The van der Waals surface area contributed by atoms with Crippen molar-refractivity contribution in [2.45, 2.75) is 26.2 Å². The molecule has 4 rings (SSSR count). The number of aryl methyl sites for hydroxylation is 1. The molecule has 1 spiro atoms. The van der Waals surface area contributed by atoms with E-state index in [4.69, 9.17) is 12.2 Å². The number of halogens is 7. The topological polar surface area (TPSA) is 35.6 Å². The number of rotatable bonds is 2. The molecule has 2 fully saturated rings. The summed E-state index contributed by atoms with van der Waals surface area (Å²) < 4.78 is 96.7. The molecular formula is C23H20F7N3OS. The summed E-state index contributed by atoms with van der Waals surface area (Å²) >= 11 is 5.15. The fourth-order valence-corrected chi connectivity index (χ4v) is 4.87. The highest BCUT2D eigenvalue weighted by molar-refractivity contribution is 7.80. The zero-order chi connectivity index (χ0) is 25.7. The molecule has 2 saturated heterocycles. The van der Waals surface area contributed by atoms with E-state index in [1.54, 1.807) is 4.90 Å². The smallest absolute Gasteiger partial charge is 0.259 e. The molecule has 2 aromatic carbocycles. The van der Waals surface area contributed by atoms with Crippen LogP contribution in [-0.2, 0) is 0 Å². The summed E-state index contributed by atoms with van der Waals surface area (Å²) in [5, 5.41) is 1.93. The molecule has 2 aliphatic heterocycles. The molecule has 2 heterocycles. The van der Waals surface area contributed by atoms with Crippen LogP contribution in [0.2, 0.25) is 0 Å². The number of piperidine rings is 1. The lowest BCUT2D eigenvalue weighted by molar-refractivity contribution is 0.0589. The summed E-state index contributed by atoms with van der Waals surface area (Å²) in [6.45, 7) is 2.58. The Bertz CT molecular complexity index is 1190. The number of nitrogens with one attached hydrogen (secondary N) is 1. The van der Waals surface area contributed by atoms with Gasteiger partial charge in [-0.2, -0.15) is 0 Å². The van der Waals surface area contributed by atoms with Crippen molar-refractivity contribution in [2.75, 3.05) is 31.5 Å². The molecule has 1 amide bonds. The van der Waals surface area contributed by atoms with Crippen LogP contribution in [0.25, 0.3) is 0 Å². The second-order valence-corrected chi connectivity index (χ2v) is 9.28. The molecule has 0 unspecified atom stereocenters. The molecule has 0 radical (unpaired) electrons. The van der Waals surface area contributed by atoms with E-state index >= 15 is 0 Å². The minimum atomic E-state index is -2.26. The van der Waals surface area contributed by atoms with Crippen molar-refractivity contribution in [3.8, 4) is 0 Å². The summed E-state index contributed by atoms with van der Waals surface area (Å²) in [7, 11) is 0. The van der Waals surface area contributed by atoms with E-state index < -0.39 is 57.9 Å². The first-order chi connectivity index (χ1) is 16.5. The van der Waals surface area contributed by atoms with Gasteiger partial charge in [0.1, 0.15) is 22.9 Å². The minimum absolute atomic E-state index is 0.157. The van der Waals surface area contributed by atoms with Crippen molar-refractivity contribution in [3.63, 3.8) is 0 Å². The third-order valence-corrected chi connectivity index (χ3v) is 7.14. The molecule has 35 heavy (non-hydrogen) atoms. The Kier molecular flexibility index (Phi) is 6.69. The van der Waals surface area contributed by atoms with Gasteiger partial charge in [-0.25, -0.2) is 30.7 Å². The highest BCUT2D eigenvalue weighted by atomic mass is 32.1. The second-order valence-electron chi connectivity index (χ2n) is 8.89. The summed E-state index contributed by atoms with van der Waals surface area (Å²) in [4.78, 5) is 15.7. The predicted molar refractivity (Wildman–Crippen MR) is 117 cm³/mol. The Morgan fingerprint density at radius 3 is 1.91 bits per heavy atom. The van der Waals surface area contributed by atoms with Gasteiger partial charge in [0.05, 0.1) is 0 Å². The molecule has 0 atom stereocenters. The maximum atomic E-state index is 14.4. The highest BCUT2D eigenvalue weighted by Gasteiger charge is 2.43. The number of thiocarbonyl (C=S) groups is 1. The van der Waals surface area contributed by atoms with Crippen LogP contribution in [-0.4, -0.2) is 47.0 Å². The van der Waals surface area contributed by atoms with Crippen LogP contribution >= 0.6 is 12.2 Å². The number of likely N-dealkylation sites (tertiary alicyclic amines) is 2. The second kappa shape index (κ2) is 9.29. The fraction of sp³-hybridized carbons (Fsp3) is 0.391. The van der Waals surface area contributed by atoms with Crippen molar-refractivity contribution in [1.82, 2.24) is 9.80 Å². The summed E-state index contributed by atoms with van der Waals surface area (Å²) in [5.41, 5.74) is -2.00. The Balaban J connectivity index is 1.42. The van der Waals surface area contributed by atoms with E-state index in [0.717, 1.165) is 6.07 Å². The Morgan fingerprint density at radius 2 is 1.34 bits per heavy atom. The van der Waals surface area contributed by atoms with E-state index in [2.05, 4.69) is 5.32 Å². The number of benzene rings is 2. The lowest BCUT2D eigenvalue weighted by Crippen LogP contribution is -2.45. The van der Waals surface area contributed by atoms with Gasteiger partial charge < -0.3 is 15.1 Å². The summed E-state index contributed by atoms with van der Waals surface area (Å²) in [6.07, 6.45) is 1.56. The normalized spacial score (nSPS) is 17.3. The zero-order valence-electron chi connectivity index (χ0n) is 18.5. The predicted octanol–water partition coefficient (Wildman–Crippen LogP) is 5.29. The molecule has 2 aliphatic rings. The molecule has 0 aliphatic carbocycles. The monoisotopic (exact) mass is 519 g/mol. The standard InChI is InChI=1S/C23H20F7N3OS/c1-11-2-3-12(24)13(14(11)25)21(34)32-7-4-23(5-8-32)6-9-33(10-23)22(35)31-20-18(29)16(27)15(26)17(28)19(20)30/h2-3H,4-10H2,1H3,(H,31,35). The van der Waals surface area contributed by atoms with Crippen LogP contribution in [0.15, 0.2) is 12.1 Å². The number of carbonyl (C=O) groups is 1. The van der Waals surface area contributed by atoms with Crippen LogP contribution in [0, 0.1) is 53.1 Å². The average molecular weight is 519 g/mol. The lowest BCUT2D eigenvalue weighted by atomic mass is 9.77. The van der Waals surface area contributed by atoms with Crippen molar-refractivity contribution < 1.29 is 35.5 Å². The maximum Gasteiger partial charge on any atom is 0.259 e. The number of amides is 1. The van der Waals surface area contributed by atoms with Gasteiger partial charge in [0.2, 0.25) is 5.82 Å². The Hall–Kier alpha value is -2.89. The van der Waals surface area contributed by atoms with Crippen molar-refractivity contribution in [1.29, 1.82) is 0 Å². The summed E-state index contributed by atoms with van der Waals surface area (Å²) in [6, 6.07) is 2.30. The fourth-order valence-electron chi connectivity index (χ4n) is 4.61. The number of carbonyl (C=O) groups excluding carboxylic acids is 1. The van der Waals surface area contributed by atoms with Gasteiger partial charge in [-0.15, -0.1) is 0 Å². The third kappa shape index (κ3) is 4.43. The number of hydrogen-bond acceptors (Lipinski definition) is 2. The van der Waals surface area contributed by atoms with Gasteiger partial charge in [-0.3, -0.25) is 4.79 Å². The van der Waals surface area contributed by atoms with Crippen molar-refractivity contribution >= 4 is 28.9 Å². The number of hydrogen-bond donors (Lipinski definition) is 1. The summed E-state index contributed by atoms with van der Waals surface area (Å²) in [5.74, 6) is -13.0. The largest absolute Gasteiger partial charge is 0.348 e. The molecule has 2 aromatic rings. The van der Waals surface area contributed by atoms with Gasteiger partial charge in [0.25, 0.3) is 5.91 Å². The molecule has 0 bridgehead atoms. The molecule has 1 N–H and O–H groups in total. The van der Waals surface area contributed by atoms with Crippen LogP contribution in [0.5, 0.6) is 0 Å². The highest BCUT2D eigenvalue weighted by Crippen LogP contribution is 2.41. The van der Waals surface area contributed by atoms with Crippen LogP contribution in [0.1, 0.15) is 35.2 Å². The van der Waals surface area contributed by atoms with Gasteiger partial charge in [0, 0.05) is 26.2 Å². The van der Waals surface area contributed by atoms with Crippen LogP contribution < -0.4 is 5.32 Å². The van der Waals surface area contributed by atoms with E-state index in [1.165, 1.54) is 17.9 Å². The number of anilines is 1. The van der Waals surface area contributed by atoms with E-state index in [1.807, 2.05) is 0 Å². The lowest BCUT2D eigenvalue weighted by Gasteiger charge is -2.39. The van der Waals surface area contributed by atoms with Gasteiger partial charge in [-0.1, -0.05) is 6.07 Å². The van der Waals surface area contributed by atoms with Crippen LogP contribution in [0.4, 0.5) is 36.4 Å². The number of nitrogens with zero attached hydrogens (tertiary/aromatic N) is 2. The Morgan fingerprint density at radius 1 is 0.829 bits per heavy atom. The SMILES string of the molecule is Cc1ccc(F)c(C(=O)N2CCC3(CC2)CCN(C(=S)Nc2c(F)c(F)c(F)c(F)c2F)C3)c1F. The first-order valence-electron chi connectivity index (χ1n) is 10.8. The zero-order valence-corrected chi connectivity index (χ0v) is 19.3. The molecule has 188 valence electrons. The first-order valence-corrected chi connectivity index (χ1v) is 11.2. The van der Waals surface area contributed by atoms with E-state index in [0.29, 0.717) is 32.4 Å². The molecular weight excluding hydrogens is 499 g/mol.